The highest BCUT2D eigenvalue weighted by Crippen LogP contribution is 2.31. The van der Waals surface area contributed by atoms with Crippen molar-refractivity contribution < 1.29 is 8.42 Å². The Labute approximate surface area is 125 Å². The lowest BCUT2D eigenvalue weighted by molar-refractivity contribution is 0.351. The molecular weight excluding hydrogens is 324 g/mol. The molecule has 2 nitrogen and oxygen atoms in total. The molecule has 0 saturated carbocycles. The SMILES string of the molecule is CCC(CC)(CBr)CS(=O)(=O)Cc1ccccc1C. The average Bonchev–Trinajstić information content (AvgIpc) is 2.39. The molecular formula is C15H23BrO2S. The van der Waals surface area contributed by atoms with E-state index in [1.165, 1.54) is 0 Å². The number of benzene rings is 1. The maximum Gasteiger partial charge on any atom is 0.155 e. The van der Waals surface area contributed by atoms with Gasteiger partial charge in [0.25, 0.3) is 0 Å². The third-order valence-electron chi connectivity index (χ3n) is 3.95. The Hall–Kier alpha value is -0.350. The first-order valence-electron chi connectivity index (χ1n) is 6.69. The Morgan fingerprint density at radius 3 is 2.21 bits per heavy atom. The third-order valence-corrected chi connectivity index (χ3v) is 6.94. The molecule has 4 heteroatoms. The molecule has 108 valence electrons. The van der Waals surface area contributed by atoms with Crippen molar-refractivity contribution in [1.29, 1.82) is 0 Å². The number of halogens is 1. The van der Waals surface area contributed by atoms with E-state index in [1.54, 1.807) is 0 Å². The van der Waals surface area contributed by atoms with Crippen LogP contribution in [-0.4, -0.2) is 19.5 Å². The molecule has 1 aromatic rings. The van der Waals surface area contributed by atoms with Crippen molar-refractivity contribution in [1.82, 2.24) is 0 Å². The lowest BCUT2D eigenvalue weighted by Crippen LogP contribution is -2.31. The Morgan fingerprint density at radius 1 is 1.16 bits per heavy atom. The van der Waals surface area contributed by atoms with E-state index < -0.39 is 9.84 Å². The number of aryl methyl sites for hydroxylation is 1. The predicted molar refractivity (Wildman–Crippen MR) is 85.5 cm³/mol. The van der Waals surface area contributed by atoms with Gasteiger partial charge in [0.15, 0.2) is 9.84 Å². The van der Waals surface area contributed by atoms with Gasteiger partial charge in [-0.3, -0.25) is 0 Å². The normalized spacial score (nSPS) is 12.6. The minimum absolute atomic E-state index is 0.137. The molecule has 0 aliphatic carbocycles. The minimum Gasteiger partial charge on any atom is -0.228 e. The summed E-state index contributed by atoms with van der Waals surface area (Å²) in [6, 6.07) is 7.70. The van der Waals surface area contributed by atoms with E-state index in [2.05, 4.69) is 29.8 Å². The maximum absolute atomic E-state index is 12.4. The van der Waals surface area contributed by atoms with Crippen LogP contribution in [0.25, 0.3) is 0 Å². The molecule has 0 saturated heterocycles. The molecule has 0 aromatic heterocycles. The van der Waals surface area contributed by atoms with E-state index in [-0.39, 0.29) is 16.9 Å². The van der Waals surface area contributed by atoms with Crippen LogP contribution in [0, 0.1) is 12.3 Å². The second kappa shape index (κ2) is 6.89. The van der Waals surface area contributed by atoms with Crippen LogP contribution in [0.4, 0.5) is 0 Å². The number of hydrogen-bond acceptors (Lipinski definition) is 2. The van der Waals surface area contributed by atoms with Gasteiger partial charge in [-0.15, -0.1) is 0 Å². The van der Waals surface area contributed by atoms with Crippen molar-refractivity contribution in [2.24, 2.45) is 5.41 Å². The highest BCUT2D eigenvalue weighted by molar-refractivity contribution is 9.09. The zero-order valence-corrected chi connectivity index (χ0v) is 14.4. The Kier molecular flexibility index (Phi) is 6.06. The van der Waals surface area contributed by atoms with E-state index in [0.29, 0.717) is 0 Å². The molecule has 1 rings (SSSR count). The molecule has 0 fully saturated rings. The molecule has 0 heterocycles. The molecule has 0 aliphatic rings. The Morgan fingerprint density at radius 2 is 1.74 bits per heavy atom. The van der Waals surface area contributed by atoms with Crippen LogP contribution < -0.4 is 0 Å². The fourth-order valence-corrected chi connectivity index (χ4v) is 5.81. The number of hydrogen-bond donors (Lipinski definition) is 0. The van der Waals surface area contributed by atoms with Crippen LogP contribution in [0.1, 0.15) is 37.8 Å². The van der Waals surface area contributed by atoms with Gasteiger partial charge in [-0.2, -0.15) is 0 Å². The first-order chi connectivity index (χ1) is 8.88. The van der Waals surface area contributed by atoms with Crippen molar-refractivity contribution in [3.05, 3.63) is 35.4 Å². The summed E-state index contributed by atoms with van der Waals surface area (Å²) in [5, 5.41) is 0.736. The number of sulfone groups is 1. The van der Waals surface area contributed by atoms with E-state index in [4.69, 9.17) is 0 Å². The van der Waals surface area contributed by atoms with Crippen molar-refractivity contribution in [3.63, 3.8) is 0 Å². The van der Waals surface area contributed by atoms with Crippen LogP contribution in [0.15, 0.2) is 24.3 Å². The zero-order valence-electron chi connectivity index (χ0n) is 11.9. The van der Waals surface area contributed by atoms with Gasteiger partial charge in [0.1, 0.15) is 0 Å². The summed E-state index contributed by atoms with van der Waals surface area (Å²) in [4.78, 5) is 0. The summed E-state index contributed by atoms with van der Waals surface area (Å²) in [6.07, 6.45) is 1.75. The maximum atomic E-state index is 12.4. The summed E-state index contributed by atoms with van der Waals surface area (Å²) in [6.45, 7) is 6.09. The van der Waals surface area contributed by atoms with Gasteiger partial charge < -0.3 is 0 Å². The molecule has 0 spiro atoms. The highest BCUT2D eigenvalue weighted by Gasteiger charge is 2.31. The summed E-state index contributed by atoms with van der Waals surface area (Å²) in [7, 11) is -3.08. The van der Waals surface area contributed by atoms with Crippen LogP contribution in [0.2, 0.25) is 0 Å². The van der Waals surface area contributed by atoms with E-state index in [9.17, 15) is 8.42 Å². The number of alkyl halides is 1. The minimum atomic E-state index is -3.08. The molecule has 0 N–H and O–H groups in total. The molecule has 0 aliphatic heterocycles. The first-order valence-corrected chi connectivity index (χ1v) is 9.63. The molecule has 0 radical (unpaired) electrons. The summed E-state index contributed by atoms with van der Waals surface area (Å²) < 4.78 is 24.8. The fraction of sp³-hybridized carbons (Fsp3) is 0.600. The van der Waals surface area contributed by atoms with E-state index in [1.807, 2.05) is 31.2 Å². The summed E-state index contributed by atoms with van der Waals surface area (Å²) >= 11 is 3.48. The van der Waals surface area contributed by atoms with E-state index >= 15 is 0 Å². The van der Waals surface area contributed by atoms with Crippen LogP contribution >= 0.6 is 15.9 Å². The fourth-order valence-electron chi connectivity index (χ4n) is 2.21. The van der Waals surface area contributed by atoms with Crippen LogP contribution in [0.3, 0.4) is 0 Å². The van der Waals surface area contributed by atoms with Crippen molar-refractivity contribution in [2.45, 2.75) is 39.4 Å². The van der Waals surface area contributed by atoms with Gasteiger partial charge in [0.2, 0.25) is 0 Å². The lowest BCUT2D eigenvalue weighted by atomic mass is 9.87. The van der Waals surface area contributed by atoms with Crippen molar-refractivity contribution in [3.8, 4) is 0 Å². The van der Waals surface area contributed by atoms with Gasteiger partial charge in [-0.25, -0.2) is 8.42 Å². The molecule has 0 atom stereocenters. The number of rotatable bonds is 7. The smallest absolute Gasteiger partial charge is 0.155 e. The molecule has 0 unspecified atom stereocenters. The molecule has 1 aromatic carbocycles. The average molecular weight is 347 g/mol. The zero-order chi connectivity index (χ0) is 14.5. The first kappa shape index (κ1) is 16.7. The van der Waals surface area contributed by atoms with Gasteiger partial charge >= 0.3 is 0 Å². The highest BCUT2D eigenvalue weighted by atomic mass is 79.9. The van der Waals surface area contributed by atoms with Crippen LogP contribution in [0.5, 0.6) is 0 Å². The Bertz CT molecular complexity index is 496. The largest absolute Gasteiger partial charge is 0.228 e. The van der Waals surface area contributed by atoms with Crippen molar-refractivity contribution in [2.75, 3.05) is 11.1 Å². The molecule has 0 bridgehead atoms. The third kappa shape index (κ3) is 4.60. The van der Waals surface area contributed by atoms with Crippen LogP contribution in [-0.2, 0) is 15.6 Å². The van der Waals surface area contributed by atoms with Gasteiger partial charge in [0.05, 0.1) is 11.5 Å². The Balaban J connectivity index is 2.91. The van der Waals surface area contributed by atoms with Crippen molar-refractivity contribution >= 4 is 25.8 Å². The second-order valence-corrected chi connectivity index (χ2v) is 7.92. The summed E-state index contributed by atoms with van der Waals surface area (Å²) in [5.74, 6) is 0.404. The van der Waals surface area contributed by atoms with Gasteiger partial charge in [-0.05, 0) is 36.3 Å². The standard InChI is InChI=1S/C15H23BrO2S/c1-4-15(5-2,11-16)12-19(17,18)10-14-9-7-6-8-13(14)3/h6-9H,4-5,10-12H2,1-3H3. The lowest BCUT2D eigenvalue weighted by Gasteiger charge is -2.29. The second-order valence-electron chi connectivity index (χ2n) is 5.30. The topological polar surface area (TPSA) is 34.1 Å². The van der Waals surface area contributed by atoms with Gasteiger partial charge in [0, 0.05) is 5.33 Å². The predicted octanol–water partition coefficient (Wildman–Crippen LogP) is 4.11. The monoisotopic (exact) mass is 346 g/mol. The molecule has 19 heavy (non-hydrogen) atoms. The quantitative estimate of drug-likeness (QED) is 0.696. The van der Waals surface area contributed by atoms with Gasteiger partial charge in [-0.1, -0.05) is 54.0 Å². The van der Waals surface area contributed by atoms with E-state index in [0.717, 1.165) is 29.3 Å². The molecule has 0 amide bonds. The summed E-state index contributed by atoms with van der Waals surface area (Å²) in [5.41, 5.74) is 1.82.